The van der Waals surface area contributed by atoms with Crippen LogP contribution >= 0.6 is 0 Å². The van der Waals surface area contributed by atoms with Gasteiger partial charge in [0.05, 0.1) is 5.54 Å². The monoisotopic (exact) mass is 302 g/mol. The molecule has 0 aromatic heterocycles. The topological polar surface area (TPSA) is 24.1 Å². The molecule has 116 valence electrons. The normalized spacial score (nSPS) is 11.0. The van der Waals surface area contributed by atoms with Crippen molar-refractivity contribution in [2.75, 3.05) is 10.6 Å². The Morgan fingerprint density at radius 2 is 1.04 bits per heavy atom. The molecule has 0 bridgehead atoms. The van der Waals surface area contributed by atoms with Gasteiger partial charge >= 0.3 is 0 Å². The van der Waals surface area contributed by atoms with Crippen molar-refractivity contribution >= 4 is 17.1 Å². The van der Waals surface area contributed by atoms with Gasteiger partial charge in [0.25, 0.3) is 0 Å². The van der Waals surface area contributed by atoms with E-state index in [1.165, 1.54) is 5.56 Å². The fourth-order valence-electron chi connectivity index (χ4n) is 2.61. The van der Waals surface area contributed by atoms with Crippen molar-refractivity contribution in [3.05, 3.63) is 90.5 Å². The number of hydrogen-bond donors (Lipinski definition) is 2. The number of benzene rings is 3. The summed E-state index contributed by atoms with van der Waals surface area (Å²) in [5.74, 6) is 0. The van der Waals surface area contributed by atoms with Crippen LogP contribution in [0.15, 0.2) is 84.9 Å². The predicted molar refractivity (Wildman–Crippen MR) is 99.3 cm³/mol. The Morgan fingerprint density at radius 3 is 1.65 bits per heavy atom. The van der Waals surface area contributed by atoms with E-state index < -0.39 is 0 Å². The van der Waals surface area contributed by atoms with Gasteiger partial charge in [0.1, 0.15) is 0 Å². The molecule has 0 aliphatic rings. The molecule has 2 nitrogen and oxygen atoms in total. The van der Waals surface area contributed by atoms with Gasteiger partial charge in [-0.3, -0.25) is 0 Å². The molecular formula is C21H22N2. The van der Waals surface area contributed by atoms with Crippen molar-refractivity contribution in [3.63, 3.8) is 0 Å². The highest BCUT2D eigenvalue weighted by Crippen LogP contribution is 2.26. The highest BCUT2D eigenvalue weighted by molar-refractivity contribution is 5.62. The first-order valence-corrected chi connectivity index (χ1v) is 7.89. The van der Waals surface area contributed by atoms with Gasteiger partial charge in [0.15, 0.2) is 0 Å². The first kappa shape index (κ1) is 15.2. The van der Waals surface area contributed by atoms with Crippen molar-refractivity contribution in [3.8, 4) is 0 Å². The molecule has 2 heteroatoms. The van der Waals surface area contributed by atoms with Crippen molar-refractivity contribution < 1.29 is 0 Å². The quantitative estimate of drug-likeness (QED) is 0.624. The molecule has 0 unspecified atom stereocenters. The van der Waals surface area contributed by atoms with Crippen LogP contribution in [0.1, 0.15) is 19.4 Å². The molecule has 3 aromatic rings. The van der Waals surface area contributed by atoms with Gasteiger partial charge in [-0.05, 0) is 55.8 Å². The lowest BCUT2D eigenvalue weighted by Gasteiger charge is -2.28. The largest absolute Gasteiger partial charge is 0.376 e. The number of hydrogen-bond acceptors (Lipinski definition) is 2. The Bertz CT molecular complexity index is 732. The van der Waals surface area contributed by atoms with Crippen LogP contribution in [-0.2, 0) is 5.54 Å². The molecular weight excluding hydrogens is 280 g/mol. The minimum absolute atomic E-state index is 0.115. The molecule has 0 amide bonds. The van der Waals surface area contributed by atoms with E-state index in [0.717, 1.165) is 17.1 Å². The molecule has 3 rings (SSSR count). The first-order valence-electron chi connectivity index (χ1n) is 7.89. The maximum atomic E-state index is 3.60. The zero-order valence-electron chi connectivity index (χ0n) is 13.6. The molecule has 0 atom stereocenters. The van der Waals surface area contributed by atoms with Gasteiger partial charge < -0.3 is 10.6 Å². The van der Waals surface area contributed by atoms with Gasteiger partial charge in [-0.25, -0.2) is 0 Å². The molecule has 0 spiro atoms. The molecule has 0 saturated heterocycles. The molecule has 0 fully saturated rings. The van der Waals surface area contributed by atoms with Crippen molar-refractivity contribution in [2.24, 2.45) is 0 Å². The lowest BCUT2D eigenvalue weighted by atomic mass is 9.94. The molecule has 2 N–H and O–H groups in total. The van der Waals surface area contributed by atoms with E-state index in [4.69, 9.17) is 0 Å². The zero-order chi connectivity index (χ0) is 16.1. The fourth-order valence-corrected chi connectivity index (χ4v) is 2.61. The summed E-state index contributed by atoms with van der Waals surface area (Å²) in [7, 11) is 0. The SMILES string of the molecule is CC(C)(Nc1ccc(Nc2ccccc2)cc1)c1ccccc1. The maximum Gasteiger partial charge on any atom is 0.0569 e. The molecule has 0 aliphatic heterocycles. The third-order valence-corrected chi connectivity index (χ3v) is 3.90. The van der Waals surface area contributed by atoms with Crippen LogP contribution in [0.4, 0.5) is 17.1 Å². The van der Waals surface area contributed by atoms with Gasteiger partial charge in [-0.2, -0.15) is 0 Å². The van der Waals surface area contributed by atoms with Crippen LogP contribution in [0.2, 0.25) is 0 Å². The Kier molecular flexibility index (Phi) is 4.33. The number of para-hydroxylation sites is 1. The van der Waals surface area contributed by atoms with Crippen LogP contribution in [0, 0.1) is 0 Å². The molecule has 0 aliphatic carbocycles. The second kappa shape index (κ2) is 6.57. The molecule has 0 heterocycles. The third-order valence-electron chi connectivity index (χ3n) is 3.90. The lowest BCUT2D eigenvalue weighted by molar-refractivity contribution is 0.609. The Balaban J connectivity index is 1.70. The van der Waals surface area contributed by atoms with Crippen LogP contribution < -0.4 is 10.6 Å². The minimum atomic E-state index is -0.115. The van der Waals surface area contributed by atoms with E-state index >= 15 is 0 Å². The highest BCUT2D eigenvalue weighted by atomic mass is 15.0. The van der Waals surface area contributed by atoms with Crippen molar-refractivity contribution in [1.82, 2.24) is 0 Å². The van der Waals surface area contributed by atoms with Gasteiger partial charge in [-0.15, -0.1) is 0 Å². The maximum absolute atomic E-state index is 3.60. The van der Waals surface area contributed by atoms with E-state index in [-0.39, 0.29) is 5.54 Å². The first-order chi connectivity index (χ1) is 11.1. The number of anilines is 3. The Labute approximate surface area is 138 Å². The Hall–Kier alpha value is -2.74. The predicted octanol–water partition coefficient (Wildman–Crippen LogP) is 5.78. The molecule has 0 saturated carbocycles. The summed E-state index contributed by atoms with van der Waals surface area (Å²) in [4.78, 5) is 0. The van der Waals surface area contributed by atoms with Gasteiger partial charge in [-0.1, -0.05) is 48.5 Å². The van der Waals surface area contributed by atoms with Gasteiger partial charge in [0.2, 0.25) is 0 Å². The zero-order valence-corrected chi connectivity index (χ0v) is 13.6. The summed E-state index contributed by atoms with van der Waals surface area (Å²) >= 11 is 0. The standard InChI is InChI=1S/C21H22N2/c1-21(2,17-9-5-3-6-10-17)23-20-15-13-19(14-16-20)22-18-11-7-4-8-12-18/h3-16,22-23H,1-2H3. The van der Waals surface area contributed by atoms with Crippen LogP contribution in [0.3, 0.4) is 0 Å². The molecule has 23 heavy (non-hydrogen) atoms. The summed E-state index contributed by atoms with van der Waals surface area (Å²) in [6.07, 6.45) is 0. The average Bonchev–Trinajstić information content (AvgIpc) is 2.58. The smallest absolute Gasteiger partial charge is 0.0569 e. The van der Waals surface area contributed by atoms with E-state index in [1.54, 1.807) is 0 Å². The average molecular weight is 302 g/mol. The minimum Gasteiger partial charge on any atom is -0.376 e. The summed E-state index contributed by atoms with van der Waals surface area (Å²) in [6, 6.07) is 29.1. The lowest BCUT2D eigenvalue weighted by Crippen LogP contribution is -2.27. The summed E-state index contributed by atoms with van der Waals surface area (Å²) < 4.78 is 0. The van der Waals surface area contributed by atoms with E-state index in [0.29, 0.717) is 0 Å². The summed E-state index contributed by atoms with van der Waals surface area (Å²) in [6.45, 7) is 4.39. The van der Waals surface area contributed by atoms with Crippen LogP contribution in [0.25, 0.3) is 0 Å². The third kappa shape index (κ3) is 3.92. The van der Waals surface area contributed by atoms with Crippen LogP contribution in [-0.4, -0.2) is 0 Å². The summed E-state index contributed by atoms with van der Waals surface area (Å²) in [5.41, 5.74) is 4.44. The number of rotatable bonds is 5. The van der Waals surface area contributed by atoms with E-state index in [1.807, 2.05) is 24.3 Å². The van der Waals surface area contributed by atoms with Gasteiger partial charge in [0, 0.05) is 17.1 Å². The second-order valence-corrected chi connectivity index (χ2v) is 6.18. The van der Waals surface area contributed by atoms with Crippen molar-refractivity contribution in [2.45, 2.75) is 19.4 Å². The van der Waals surface area contributed by atoms with E-state index in [9.17, 15) is 0 Å². The summed E-state index contributed by atoms with van der Waals surface area (Å²) in [5, 5.41) is 7.00. The van der Waals surface area contributed by atoms with Crippen LogP contribution in [0.5, 0.6) is 0 Å². The fraction of sp³-hybridized carbons (Fsp3) is 0.143. The number of nitrogens with one attached hydrogen (secondary N) is 2. The molecule has 0 radical (unpaired) electrons. The van der Waals surface area contributed by atoms with E-state index in [2.05, 4.69) is 85.1 Å². The highest BCUT2D eigenvalue weighted by Gasteiger charge is 2.19. The molecule has 3 aromatic carbocycles. The second-order valence-electron chi connectivity index (χ2n) is 6.18. The Morgan fingerprint density at radius 1 is 0.565 bits per heavy atom. The van der Waals surface area contributed by atoms with Crippen molar-refractivity contribution in [1.29, 1.82) is 0 Å².